The molecule has 4 N–H and O–H groups in total. The molecule has 1 aromatic heterocycles. The molecule has 0 spiro atoms. The van der Waals surface area contributed by atoms with Crippen LogP contribution in [0.4, 0.5) is 5.82 Å². The number of aromatic nitrogens is 2. The number of aliphatic hydroxyl groups excluding tert-OH is 1. The van der Waals surface area contributed by atoms with Crippen molar-refractivity contribution >= 4 is 5.82 Å². The third-order valence-corrected chi connectivity index (χ3v) is 4.53. The van der Waals surface area contributed by atoms with Crippen LogP contribution in [0.25, 0.3) is 0 Å². The summed E-state index contributed by atoms with van der Waals surface area (Å²) >= 11 is 0. The van der Waals surface area contributed by atoms with Gasteiger partial charge in [0.15, 0.2) is 11.8 Å². The molecule has 2 aliphatic rings. The number of nitrogen functional groups attached to an aromatic ring is 1. The Morgan fingerprint density at radius 3 is 2.90 bits per heavy atom. The molecule has 7 heteroatoms. The highest BCUT2D eigenvalue weighted by molar-refractivity contribution is 5.33. The molecule has 3 unspecified atom stereocenters. The van der Waals surface area contributed by atoms with Crippen LogP contribution in [0, 0.1) is 25.2 Å². The number of rotatable bonds is 2. The van der Waals surface area contributed by atoms with Gasteiger partial charge in [0, 0.05) is 11.6 Å². The number of nitrogens with two attached hydrogens (primary N) is 1. The first-order valence-electron chi connectivity index (χ1n) is 6.68. The van der Waals surface area contributed by atoms with Gasteiger partial charge in [0.2, 0.25) is 0 Å². The molecule has 5 atom stereocenters. The Balaban J connectivity index is 2.12. The smallest absolute Gasteiger partial charge is 0.351 e. The molecule has 2 fully saturated rings. The van der Waals surface area contributed by atoms with Gasteiger partial charge in [0.1, 0.15) is 11.4 Å². The van der Waals surface area contributed by atoms with Crippen molar-refractivity contribution in [3.8, 4) is 12.3 Å². The number of anilines is 1. The molecule has 1 saturated heterocycles. The van der Waals surface area contributed by atoms with E-state index in [0.29, 0.717) is 12.1 Å². The van der Waals surface area contributed by atoms with Crippen LogP contribution < -0.4 is 11.4 Å². The number of nitrogens with zero attached hydrogens (tertiary/aromatic N) is 2. The molecule has 21 heavy (non-hydrogen) atoms. The summed E-state index contributed by atoms with van der Waals surface area (Å²) in [5, 5.41) is 20.7. The lowest BCUT2D eigenvalue weighted by atomic mass is 9.95. The Hall–Kier alpha value is -1.88. The maximum absolute atomic E-state index is 12.1. The van der Waals surface area contributed by atoms with Crippen molar-refractivity contribution in [3.05, 3.63) is 22.2 Å². The van der Waals surface area contributed by atoms with E-state index >= 15 is 0 Å². The van der Waals surface area contributed by atoms with Gasteiger partial charge < -0.3 is 20.7 Å². The first-order chi connectivity index (χ1) is 9.76. The van der Waals surface area contributed by atoms with Crippen LogP contribution in [0.5, 0.6) is 0 Å². The summed E-state index contributed by atoms with van der Waals surface area (Å²) < 4.78 is 7.01. The van der Waals surface area contributed by atoms with Crippen LogP contribution in [0.15, 0.2) is 10.9 Å². The minimum Gasteiger partial charge on any atom is -0.390 e. The standard InChI is InChI=1S/C14H17N3O4/c1-4-13(20)9-6-14(9,8(3)18)21-11(13)17-7(2)5-10(15)16-12(17)19/h1,5,8-9,11,18,20H,6H2,2-3H3,(H2,15,16,19)/t8-,9?,11-,13?,14?/m1/s1. The van der Waals surface area contributed by atoms with Gasteiger partial charge in [0.25, 0.3) is 0 Å². The zero-order chi connectivity index (χ0) is 15.6. The molecular formula is C14H17N3O4. The van der Waals surface area contributed by atoms with Gasteiger partial charge >= 0.3 is 5.69 Å². The van der Waals surface area contributed by atoms with Crippen LogP contribution in [0.3, 0.4) is 0 Å². The highest BCUT2D eigenvalue weighted by Gasteiger charge is 2.76. The molecule has 0 aromatic carbocycles. The highest BCUT2D eigenvalue weighted by atomic mass is 16.6. The quantitative estimate of drug-likeness (QED) is 0.613. The van der Waals surface area contributed by atoms with Crippen LogP contribution in [-0.4, -0.2) is 37.1 Å². The number of aryl methyl sites for hydroxylation is 1. The van der Waals surface area contributed by atoms with Crippen LogP contribution in [0.2, 0.25) is 0 Å². The molecule has 2 heterocycles. The van der Waals surface area contributed by atoms with E-state index in [4.69, 9.17) is 16.9 Å². The first kappa shape index (κ1) is 14.1. The highest BCUT2D eigenvalue weighted by Crippen LogP contribution is 2.65. The normalized spacial score (nSPS) is 38.6. The number of aliphatic hydroxyl groups is 2. The Bertz CT molecular complexity index is 707. The van der Waals surface area contributed by atoms with E-state index in [9.17, 15) is 15.0 Å². The van der Waals surface area contributed by atoms with E-state index in [1.54, 1.807) is 13.8 Å². The SMILES string of the molecule is C#CC1(O)C2CC2([C@@H](C)O)O[C@H]1n1c(C)cc(N)nc1=O. The van der Waals surface area contributed by atoms with E-state index in [-0.39, 0.29) is 5.82 Å². The predicted octanol–water partition coefficient (Wildman–Crippen LogP) is -0.833. The van der Waals surface area contributed by atoms with Gasteiger partial charge in [-0.1, -0.05) is 5.92 Å². The van der Waals surface area contributed by atoms with E-state index < -0.39 is 35.1 Å². The molecule has 7 nitrogen and oxygen atoms in total. The third kappa shape index (κ3) is 1.67. The average Bonchev–Trinajstić information content (AvgIpc) is 3.07. The number of fused-ring (bicyclic) bond motifs is 1. The van der Waals surface area contributed by atoms with Crippen molar-refractivity contribution in [1.82, 2.24) is 9.55 Å². The summed E-state index contributed by atoms with van der Waals surface area (Å²) in [5.41, 5.74) is 2.80. The Morgan fingerprint density at radius 2 is 2.38 bits per heavy atom. The van der Waals surface area contributed by atoms with E-state index in [0.717, 1.165) is 0 Å². The first-order valence-corrected chi connectivity index (χ1v) is 6.68. The number of hydrogen-bond acceptors (Lipinski definition) is 6. The van der Waals surface area contributed by atoms with Crippen molar-refractivity contribution < 1.29 is 14.9 Å². The van der Waals surface area contributed by atoms with Crippen molar-refractivity contribution in [2.45, 2.75) is 43.8 Å². The van der Waals surface area contributed by atoms with Gasteiger partial charge in [-0.3, -0.25) is 4.57 Å². The Morgan fingerprint density at radius 1 is 1.71 bits per heavy atom. The van der Waals surface area contributed by atoms with Crippen LogP contribution in [-0.2, 0) is 4.74 Å². The number of terminal acetylenes is 1. The summed E-state index contributed by atoms with van der Waals surface area (Å²) in [6.07, 6.45) is 4.05. The lowest BCUT2D eigenvalue weighted by molar-refractivity contribution is -0.129. The zero-order valence-electron chi connectivity index (χ0n) is 11.8. The number of hydrogen-bond donors (Lipinski definition) is 3. The summed E-state index contributed by atoms with van der Waals surface area (Å²) in [4.78, 5) is 15.7. The Labute approximate surface area is 121 Å². The van der Waals surface area contributed by atoms with Crippen LogP contribution in [0.1, 0.15) is 25.3 Å². The van der Waals surface area contributed by atoms with Gasteiger partial charge in [-0.05, 0) is 26.3 Å². The van der Waals surface area contributed by atoms with Crippen molar-refractivity contribution in [2.24, 2.45) is 5.92 Å². The molecule has 0 bridgehead atoms. The molecular weight excluding hydrogens is 274 g/mol. The monoisotopic (exact) mass is 291 g/mol. The third-order valence-electron chi connectivity index (χ3n) is 4.53. The molecule has 1 aromatic rings. The second-order valence-corrected chi connectivity index (χ2v) is 5.80. The van der Waals surface area contributed by atoms with Gasteiger partial charge in [0.05, 0.1) is 6.10 Å². The topological polar surface area (TPSA) is 111 Å². The van der Waals surface area contributed by atoms with Gasteiger partial charge in [-0.2, -0.15) is 4.98 Å². The van der Waals surface area contributed by atoms with Crippen molar-refractivity contribution in [3.63, 3.8) is 0 Å². The summed E-state index contributed by atoms with van der Waals surface area (Å²) in [6, 6.07) is 1.50. The summed E-state index contributed by atoms with van der Waals surface area (Å²) in [5.74, 6) is 2.01. The van der Waals surface area contributed by atoms with Gasteiger partial charge in [-0.15, -0.1) is 6.42 Å². The fraction of sp³-hybridized carbons (Fsp3) is 0.571. The van der Waals surface area contributed by atoms with Crippen LogP contribution >= 0.6 is 0 Å². The molecule has 112 valence electrons. The second-order valence-electron chi connectivity index (χ2n) is 5.80. The molecule has 1 aliphatic carbocycles. The fourth-order valence-electron chi connectivity index (χ4n) is 3.29. The van der Waals surface area contributed by atoms with E-state index in [1.165, 1.54) is 10.6 Å². The molecule has 0 radical (unpaired) electrons. The fourth-order valence-corrected chi connectivity index (χ4v) is 3.29. The minimum absolute atomic E-state index is 0.0893. The molecule has 0 amide bonds. The van der Waals surface area contributed by atoms with Gasteiger partial charge in [-0.25, -0.2) is 4.79 Å². The average molecular weight is 291 g/mol. The van der Waals surface area contributed by atoms with E-state index in [1.807, 2.05) is 0 Å². The number of ether oxygens (including phenoxy) is 1. The minimum atomic E-state index is -1.66. The lowest BCUT2D eigenvalue weighted by Gasteiger charge is -2.29. The molecule has 1 aliphatic heterocycles. The largest absolute Gasteiger partial charge is 0.390 e. The maximum atomic E-state index is 12.1. The molecule has 3 rings (SSSR count). The van der Waals surface area contributed by atoms with Crippen molar-refractivity contribution in [2.75, 3.05) is 5.73 Å². The zero-order valence-corrected chi connectivity index (χ0v) is 11.8. The summed E-state index contributed by atoms with van der Waals surface area (Å²) in [7, 11) is 0. The van der Waals surface area contributed by atoms with E-state index in [2.05, 4.69) is 10.9 Å². The summed E-state index contributed by atoms with van der Waals surface area (Å²) in [6.45, 7) is 3.23. The molecule has 1 saturated carbocycles. The maximum Gasteiger partial charge on any atom is 0.351 e. The predicted molar refractivity (Wildman–Crippen MR) is 74.1 cm³/mol. The second kappa shape index (κ2) is 4.07. The lowest BCUT2D eigenvalue weighted by Crippen LogP contribution is -2.43. The Kier molecular flexibility index (Phi) is 2.73. The van der Waals surface area contributed by atoms with Crippen molar-refractivity contribution in [1.29, 1.82) is 0 Å².